The first-order chi connectivity index (χ1) is 8.63. The minimum absolute atomic E-state index is 0.0230. The fourth-order valence-corrected chi connectivity index (χ4v) is 2.03. The zero-order valence-corrected chi connectivity index (χ0v) is 10.1. The van der Waals surface area contributed by atoms with Gasteiger partial charge in [-0.3, -0.25) is 0 Å². The van der Waals surface area contributed by atoms with Gasteiger partial charge in [0.1, 0.15) is 11.3 Å². The normalized spacial score (nSPS) is 14.1. The Morgan fingerprint density at radius 3 is 2.78 bits per heavy atom. The Labute approximate surface area is 104 Å². The molecule has 0 saturated heterocycles. The molecule has 0 spiro atoms. The quantitative estimate of drug-likeness (QED) is 0.811. The summed E-state index contributed by atoms with van der Waals surface area (Å²) < 4.78 is 10.1. The van der Waals surface area contributed by atoms with Crippen LogP contribution in [0.5, 0.6) is 5.75 Å². The second-order valence-electron chi connectivity index (χ2n) is 4.11. The van der Waals surface area contributed by atoms with Gasteiger partial charge in [-0.2, -0.15) is 0 Å². The van der Waals surface area contributed by atoms with Crippen LogP contribution in [0.2, 0.25) is 0 Å². The number of esters is 1. The van der Waals surface area contributed by atoms with E-state index >= 15 is 0 Å². The van der Waals surface area contributed by atoms with Gasteiger partial charge in [-0.1, -0.05) is 0 Å². The average molecular weight is 250 g/mol. The second kappa shape index (κ2) is 5.08. The highest BCUT2D eigenvalue weighted by molar-refractivity contribution is 5.97. The van der Waals surface area contributed by atoms with Crippen molar-refractivity contribution in [2.24, 2.45) is 0 Å². The number of carbonyl (C=O) groups excluding carboxylic acids is 1. The molecule has 96 valence electrons. The van der Waals surface area contributed by atoms with Crippen molar-refractivity contribution in [2.75, 3.05) is 13.7 Å². The van der Waals surface area contributed by atoms with E-state index in [9.17, 15) is 14.7 Å². The number of fused-ring (bicyclic) bond motifs is 1. The van der Waals surface area contributed by atoms with Crippen molar-refractivity contribution < 1.29 is 24.2 Å². The summed E-state index contributed by atoms with van der Waals surface area (Å²) in [6.07, 6.45) is 2.50. The SMILES string of the molecule is COC(=O)c1cc2c(c(C(=O)O)c1)OCCCC2. The molecule has 5 heteroatoms. The third-order valence-electron chi connectivity index (χ3n) is 2.90. The van der Waals surface area contributed by atoms with Crippen LogP contribution in [0.4, 0.5) is 0 Å². The number of hydrogen-bond donors (Lipinski definition) is 1. The Morgan fingerprint density at radius 2 is 2.11 bits per heavy atom. The first kappa shape index (κ1) is 12.4. The summed E-state index contributed by atoms with van der Waals surface area (Å²) in [6, 6.07) is 2.96. The Morgan fingerprint density at radius 1 is 1.33 bits per heavy atom. The summed E-state index contributed by atoms with van der Waals surface area (Å²) in [4.78, 5) is 22.7. The summed E-state index contributed by atoms with van der Waals surface area (Å²) in [7, 11) is 1.27. The van der Waals surface area contributed by atoms with Gasteiger partial charge in [-0.15, -0.1) is 0 Å². The maximum absolute atomic E-state index is 11.5. The number of aryl methyl sites for hydroxylation is 1. The molecule has 18 heavy (non-hydrogen) atoms. The van der Waals surface area contributed by atoms with Gasteiger partial charge < -0.3 is 14.6 Å². The summed E-state index contributed by atoms with van der Waals surface area (Å²) in [5, 5.41) is 9.18. The van der Waals surface area contributed by atoms with Gasteiger partial charge in [0.2, 0.25) is 0 Å². The van der Waals surface area contributed by atoms with Gasteiger partial charge in [0.25, 0.3) is 0 Å². The van der Waals surface area contributed by atoms with Gasteiger partial charge in [0.15, 0.2) is 0 Å². The fourth-order valence-electron chi connectivity index (χ4n) is 2.03. The Hall–Kier alpha value is -2.04. The molecule has 1 N–H and O–H groups in total. The molecular formula is C13H14O5. The summed E-state index contributed by atoms with van der Waals surface area (Å²) >= 11 is 0. The van der Waals surface area contributed by atoms with Crippen LogP contribution in [-0.2, 0) is 11.2 Å². The van der Waals surface area contributed by atoms with E-state index < -0.39 is 11.9 Å². The lowest BCUT2D eigenvalue weighted by Crippen LogP contribution is -2.09. The molecule has 1 aliphatic heterocycles. The third-order valence-corrected chi connectivity index (χ3v) is 2.90. The molecule has 2 rings (SSSR count). The highest BCUT2D eigenvalue weighted by Crippen LogP contribution is 2.30. The molecule has 0 unspecified atom stereocenters. The van der Waals surface area contributed by atoms with Gasteiger partial charge >= 0.3 is 11.9 Å². The van der Waals surface area contributed by atoms with Gasteiger partial charge in [-0.25, -0.2) is 9.59 Å². The van der Waals surface area contributed by atoms with E-state index in [1.165, 1.54) is 13.2 Å². The predicted molar refractivity (Wildman–Crippen MR) is 63.2 cm³/mol. The smallest absolute Gasteiger partial charge is 0.339 e. The second-order valence-corrected chi connectivity index (χ2v) is 4.11. The number of hydrogen-bond acceptors (Lipinski definition) is 4. The van der Waals surface area contributed by atoms with Crippen molar-refractivity contribution in [1.82, 2.24) is 0 Å². The lowest BCUT2D eigenvalue weighted by molar-refractivity contribution is 0.0600. The first-order valence-corrected chi connectivity index (χ1v) is 5.75. The van der Waals surface area contributed by atoms with Crippen LogP contribution in [0.15, 0.2) is 12.1 Å². The number of methoxy groups -OCH3 is 1. The van der Waals surface area contributed by atoms with Crippen molar-refractivity contribution in [2.45, 2.75) is 19.3 Å². The predicted octanol–water partition coefficient (Wildman–Crippen LogP) is 1.89. The zero-order valence-electron chi connectivity index (χ0n) is 10.1. The van der Waals surface area contributed by atoms with Gasteiger partial charge in [0, 0.05) is 0 Å². The standard InChI is InChI=1S/C13H14O5/c1-17-13(16)9-6-8-4-2-3-5-18-11(8)10(7-9)12(14)15/h6-7H,2-5H2,1H3,(H,14,15). The van der Waals surface area contributed by atoms with Crippen molar-refractivity contribution in [3.63, 3.8) is 0 Å². The molecule has 5 nitrogen and oxygen atoms in total. The number of carboxylic acid groups (broad SMARTS) is 1. The van der Waals surface area contributed by atoms with Crippen LogP contribution in [0.3, 0.4) is 0 Å². The molecule has 1 heterocycles. The van der Waals surface area contributed by atoms with E-state index in [1.54, 1.807) is 6.07 Å². The van der Waals surface area contributed by atoms with Crippen molar-refractivity contribution >= 4 is 11.9 Å². The molecule has 0 bridgehead atoms. The van der Waals surface area contributed by atoms with Crippen LogP contribution < -0.4 is 4.74 Å². The zero-order chi connectivity index (χ0) is 13.1. The van der Waals surface area contributed by atoms with E-state index in [2.05, 4.69) is 4.74 Å². The van der Waals surface area contributed by atoms with E-state index in [1.807, 2.05) is 0 Å². The average Bonchev–Trinajstić information content (AvgIpc) is 2.61. The minimum Gasteiger partial charge on any atom is -0.492 e. The summed E-state index contributed by atoms with van der Waals surface area (Å²) in [5.41, 5.74) is 1.03. The van der Waals surface area contributed by atoms with E-state index in [-0.39, 0.29) is 11.1 Å². The van der Waals surface area contributed by atoms with Crippen molar-refractivity contribution in [3.8, 4) is 5.75 Å². The van der Waals surface area contributed by atoms with Gasteiger partial charge in [0.05, 0.1) is 19.3 Å². The lowest BCUT2D eigenvalue weighted by atomic mass is 10.0. The summed E-state index contributed by atoms with van der Waals surface area (Å²) in [5.74, 6) is -1.25. The van der Waals surface area contributed by atoms with Crippen LogP contribution >= 0.6 is 0 Å². The van der Waals surface area contributed by atoms with E-state index in [0.29, 0.717) is 18.8 Å². The molecule has 0 aliphatic carbocycles. The molecule has 1 aromatic carbocycles. The van der Waals surface area contributed by atoms with Crippen LogP contribution in [-0.4, -0.2) is 30.8 Å². The number of benzene rings is 1. The maximum atomic E-state index is 11.5. The number of carboxylic acids is 1. The molecule has 0 saturated carbocycles. The van der Waals surface area contributed by atoms with Gasteiger partial charge in [-0.05, 0) is 37.0 Å². The molecule has 0 fully saturated rings. The molecule has 0 atom stereocenters. The highest BCUT2D eigenvalue weighted by atomic mass is 16.5. The number of ether oxygens (including phenoxy) is 2. The third kappa shape index (κ3) is 2.30. The lowest BCUT2D eigenvalue weighted by Gasteiger charge is -2.12. The number of rotatable bonds is 2. The van der Waals surface area contributed by atoms with E-state index in [4.69, 9.17) is 4.74 Å². The molecule has 1 aromatic rings. The Kier molecular flexibility index (Phi) is 3.50. The fraction of sp³-hybridized carbons (Fsp3) is 0.385. The molecular weight excluding hydrogens is 236 g/mol. The Balaban J connectivity index is 2.55. The van der Waals surface area contributed by atoms with Crippen LogP contribution in [0.1, 0.15) is 39.1 Å². The van der Waals surface area contributed by atoms with Crippen molar-refractivity contribution in [1.29, 1.82) is 0 Å². The maximum Gasteiger partial charge on any atom is 0.339 e. The Bertz CT molecular complexity index is 492. The first-order valence-electron chi connectivity index (χ1n) is 5.75. The topological polar surface area (TPSA) is 72.8 Å². The van der Waals surface area contributed by atoms with Crippen molar-refractivity contribution in [3.05, 3.63) is 28.8 Å². The molecule has 1 aliphatic rings. The van der Waals surface area contributed by atoms with E-state index in [0.717, 1.165) is 18.4 Å². The number of carbonyl (C=O) groups is 2. The number of aromatic carboxylic acids is 1. The largest absolute Gasteiger partial charge is 0.492 e. The molecule has 0 aromatic heterocycles. The minimum atomic E-state index is -1.10. The highest BCUT2D eigenvalue weighted by Gasteiger charge is 2.21. The summed E-state index contributed by atoms with van der Waals surface area (Å²) in [6.45, 7) is 0.505. The van der Waals surface area contributed by atoms with Crippen LogP contribution in [0.25, 0.3) is 0 Å². The molecule has 0 amide bonds. The monoisotopic (exact) mass is 250 g/mol. The van der Waals surface area contributed by atoms with Crippen LogP contribution in [0, 0.1) is 0 Å². The molecule has 0 radical (unpaired) electrons.